The van der Waals surface area contributed by atoms with Crippen LogP contribution < -0.4 is 0 Å². The van der Waals surface area contributed by atoms with Crippen molar-refractivity contribution in [3.63, 3.8) is 0 Å². The third-order valence-electron chi connectivity index (χ3n) is 5.00. The van der Waals surface area contributed by atoms with Gasteiger partial charge in [0.05, 0.1) is 28.2 Å². The number of carbonyl (C=O) groups excluding carboxylic acids is 1. The molecule has 4 nitrogen and oxygen atoms in total. The predicted molar refractivity (Wildman–Crippen MR) is 89.1 cm³/mol. The van der Waals surface area contributed by atoms with Crippen molar-refractivity contribution in [2.45, 2.75) is 44.1 Å². The lowest BCUT2D eigenvalue weighted by molar-refractivity contribution is -0.138. The Labute approximate surface area is 139 Å². The minimum atomic E-state index is 0.274. The van der Waals surface area contributed by atoms with Crippen LogP contribution in [0.1, 0.15) is 30.5 Å². The second-order valence-corrected chi connectivity index (χ2v) is 9.55. The van der Waals surface area contributed by atoms with Gasteiger partial charge in [-0.3, -0.25) is 4.79 Å². The maximum absolute atomic E-state index is 12.2. The van der Waals surface area contributed by atoms with Crippen LogP contribution in [0.4, 0.5) is 0 Å². The zero-order valence-electron chi connectivity index (χ0n) is 13.1. The second kappa shape index (κ2) is 5.49. The molecule has 6 heteroatoms. The van der Waals surface area contributed by atoms with E-state index in [2.05, 4.69) is 22.2 Å². The van der Waals surface area contributed by atoms with Crippen LogP contribution in [0.2, 0.25) is 0 Å². The molecule has 4 rings (SSSR count). The normalized spacial score (nSPS) is 32.3. The molecule has 3 aliphatic rings. The van der Waals surface area contributed by atoms with Gasteiger partial charge in [0.2, 0.25) is 5.91 Å². The van der Waals surface area contributed by atoms with Gasteiger partial charge < -0.3 is 9.64 Å². The van der Waals surface area contributed by atoms with Crippen molar-refractivity contribution < 1.29 is 9.53 Å². The summed E-state index contributed by atoms with van der Waals surface area (Å²) in [5, 5.41) is 3.17. The molecular formula is C16H22N2O2S2. The SMILES string of the molecule is Cc1nc(CO[C@@H]2CSC3(C2)CN(C(=O)[C@H]2C[C@@H]2C)C3)cs1. The number of hydrogen-bond acceptors (Lipinski definition) is 5. The summed E-state index contributed by atoms with van der Waals surface area (Å²) in [6.45, 7) is 6.67. The number of ether oxygens (including phenoxy) is 1. The molecule has 1 saturated carbocycles. The van der Waals surface area contributed by atoms with Crippen LogP contribution in [-0.2, 0) is 16.1 Å². The van der Waals surface area contributed by atoms with E-state index in [4.69, 9.17) is 4.74 Å². The quantitative estimate of drug-likeness (QED) is 0.846. The van der Waals surface area contributed by atoms with E-state index in [0.717, 1.165) is 42.4 Å². The highest BCUT2D eigenvalue weighted by atomic mass is 32.2. The van der Waals surface area contributed by atoms with Gasteiger partial charge in [-0.2, -0.15) is 0 Å². The van der Waals surface area contributed by atoms with E-state index >= 15 is 0 Å². The Balaban J connectivity index is 1.24. The number of aromatic nitrogens is 1. The molecule has 3 heterocycles. The number of rotatable bonds is 4. The summed E-state index contributed by atoms with van der Waals surface area (Å²) in [4.78, 5) is 18.7. The number of amides is 1. The van der Waals surface area contributed by atoms with E-state index in [9.17, 15) is 4.79 Å². The maximum Gasteiger partial charge on any atom is 0.226 e. The van der Waals surface area contributed by atoms with Gasteiger partial charge in [-0.1, -0.05) is 6.92 Å². The molecule has 1 aromatic heterocycles. The van der Waals surface area contributed by atoms with E-state index < -0.39 is 0 Å². The van der Waals surface area contributed by atoms with Crippen LogP contribution >= 0.6 is 23.1 Å². The first-order chi connectivity index (χ1) is 10.5. The molecule has 0 N–H and O–H groups in total. The first kappa shape index (κ1) is 15.0. The van der Waals surface area contributed by atoms with E-state index in [0.29, 0.717) is 30.5 Å². The first-order valence-corrected chi connectivity index (χ1v) is 9.86. The van der Waals surface area contributed by atoms with E-state index in [1.54, 1.807) is 11.3 Å². The molecule has 2 aliphatic heterocycles. The maximum atomic E-state index is 12.2. The summed E-state index contributed by atoms with van der Waals surface area (Å²) in [5.74, 6) is 2.37. The molecule has 22 heavy (non-hydrogen) atoms. The van der Waals surface area contributed by atoms with Crippen LogP contribution in [0, 0.1) is 18.8 Å². The molecular weight excluding hydrogens is 316 g/mol. The third-order valence-corrected chi connectivity index (χ3v) is 7.40. The highest BCUT2D eigenvalue weighted by Gasteiger charge is 2.53. The van der Waals surface area contributed by atoms with Crippen molar-refractivity contribution in [2.24, 2.45) is 11.8 Å². The number of thiazole rings is 1. The molecule has 0 unspecified atom stereocenters. The number of nitrogens with zero attached hydrogens (tertiary/aromatic N) is 2. The largest absolute Gasteiger partial charge is 0.371 e. The third kappa shape index (κ3) is 2.81. The molecule has 1 aliphatic carbocycles. The lowest BCUT2D eigenvalue weighted by Gasteiger charge is -2.47. The van der Waals surface area contributed by atoms with Crippen LogP contribution in [-0.4, -0.2) is 45.5 Å². The lowest BCUT2D eigenvalue weighted by Crippen LogP contribution is -2.61. The van der Waals surface area contributed by atoms with Gasteiger partial charge in [0, 0.05) is 30.1 Å². The number of thioether (sulfide) groups is 1. The van der Waals surface area contributed by atoms with Gasteiger partial charge in [0.25, 0.3) is 0 Å². The summed E-state index contributed by atoms with van der Waals surface area (Å²) >= 11 is 3.67. The van der Waals surface area contributed by atoms with Crippen LogP contribution in [0.5, 0.6) is 0 Å². The monoisotopic (exact) mass is 338 g/mol. The van der Waals surface area contributed by atoms with Gasteiger partial charge in [-0.25, -0.2) is 4.98 Å². The standard InChI is InChI=1S/C16H22N2O2S2/c1-10-3-14(10)15(19)18-8-16(9-18)4-13(7-22-16)20-5-12-6-21-11(2)17-12/h6,10,13-14H,3-5,7-9H2,1-2H3/t10-,13-,14-/m0/s1. The van der Waals surface area contributed by atoms with E-state index in [1.165, 1.54) is 0 Å². The van der Waals surface area contributed by atoms with Gasteiger partial charge in [0.1, 0.15) is 0 Å². The van der Waals surface area contributed by atoms with Crippen molar-refractivity contribution >= 4 is 29.0 Å². The summed E-state index contributed by atoms with van der Waals surface area (Å²) < 4.78 is 6.30. The average molecular weight is 338 g/mol. The zero-order chi connectivity index (χ0) is 15.3. The molecule has 1 aromatic rings. The molecule has 120 valence electrons. The minimum absolute atomic E-state index is 0.274. The van der Waals surface area contributed by atoms with Crippen LogP contribution in [0.15, 0.2) is 5.38 Å². The average Bonchev–Trinajstić information content (AvgIpc) is 2.87. The highest BCUT2D eigenvalue weighted by Crippen LogP contribution is 2.48. The van der Waals surface area contributed by atoms with Crippen molar-refractivity contribution in [2.75, 3.05) is 18.8 Å². The lowest BCUT2D eigenvalue weighted by atomic mass is 9.92. The van der Waals surface area contributed by atoms with Crippen molar-refractivity contribution in [3.05, 3.63) is 16.1 Å². The van der Waals surface area contributed by atoms with Gasteiger partial charge in [-0.15, -0.1) is 23.1 Å². The molecule has 2 saturated heterocycles. The van der Waals surface area contributed by atoms with Crippen LogP contribution in [0.25, 0.3) is 0 Å². The highest BCUT2D eigenvalue weighted by molar-refractivity contribution is 8.01. The Morgan fingerprint density at radius 2 is 2.32 bits per heavy atom. The summed E-state index contributed by atoms with van der Waals surface area (Å²) in [7, 11) is 0. The Hall–Kier alpha value is -0.590. The van der Waals surface area contributed by atoms with Crippen molar-refractivity contribution in [1.82, 2.24) is 9.88 Å². The van der Waals surface area contributed by atoms with E-state index in [-0.39, 0.29) is 4.75 Å². The molecule has 0 aromatic carbocycles. The van der Waals surface area contributed by atoms with Crippen molar-refractivity contribution in [1.29, 1.82) is 0 Å². The Morgan fingerprint density at radius 3 is 2.95 bits per heavy atom. The molecule has 1 amide bonds. The number of aryl methyl sites for hydroxylation is 1. The Kier molecular flexibility index (Phi) is 3.74. The summed E-state index contributed by atoms with van der Waals surface area (Å²) in [6, 6.07) is 0. The van der Waals surface area contributed by atoms with Crippen molar-refractivity contribution in [3.8, 4) is 0 Å². The fourth-order valence-corrected chi connectivity index (χ4v) is 5.66. The molecule has 1 spiro atoms. The summed E-state index contributed by atoms with van der Waals surface area (Å²) in [5.41, 5.74) is 1.04. The minimum Gasteiger partial charge on any atom is -0.371 e. The molecule has 0 bridgehead atoms. The number of carbonyl (C=O) groups is 1. The first-order valence-electron chi connectivity index (χ1n) is 8.00. The fourth-order valence-electron chi connectivity index (χ4n) is 3.51. The van der Waals surface area contributed by atoms with Gasteiger partial charge in [-0.05, 0) is 25.7 Å². The molecule has 3 fully saturated rings. The number of hydrogen-bond donors (Lipinski definition) is 0. The fraction of sp³-hybridized carbons (Fsp3) is 0.750. The van der Waals surface area contributed by atoms with Crippen LogP contribution in [0.3, 0.4) is 0 Å². The topological polar surface area (TPSA) is 42.4 Å². The van der Waals surface area contributed by atoms with E-state index in [1.807, 2.05) is 18.7 Å². The predicted octanol–water partition coefficient (Wildman–Crippen LogP) is 2.71. The molecule has 3 atom stereocenters. The number of likely N-dealkylation sites (tertiary alicyclic amines) is 1. The Morgan fingerprint density at radius 1 is 1.55 bits per heavy atom. The smallest absolute Gasteiger partial charge is 0.226 e. The van der Waals surface area contributed by atoms with Gasteiger partial charge in [0.15, 0.2) is 0 Å². The van der Waals surface area contributed by atoms with Gasteiger partial charge >= 0.3 is 0 Å². The summed E-state index contributed by atoms with van der Waals surface area (Å²) in [6.07, 6.45) is 2.48. The second-order valence-electron chi connectivity index (χ2n) is 7.00. The Bertz CT molecular complexity index is 582. The zero-order valence-corrected chi connectivity index (χ0v) is 14.7. The molecule has 0 radical (unpaired) electrons.